The Labute approximate surface area is 364 Å². The predicted octanol–water partition coefficient (Wildman–Crippen LogP) is 1.40. The number of likely N-dealkylation sites (N-methyl/N-ethyl adjacent to an activating group) is 1. The molecular formula is C46H50FN9O7. The molecule has 0 aromatic heterocycles. The van der Waals surface area contributed by atoms with E-state index in [1.54, 1.807) is 48.5 Å². The van der Waals surface area contributed by atoms with E-state index in [9.17, 15) is 24.0 Å². The van der Waals surface area contributed by atoms with Gasteiger partial charge in [-0.05, 0) is 85.6 Å². The minimum absolute atomic E-state index is 0.0168. The molecule has 0 radical (unpaired) electrons. The second-order valence-electron chi connectivity index (χ2n) is 14.5. The maximum absolute atomic E-state index is 15.4. The van der Waals surface area contributed by atoms with Gasteiger partial charge in [0.2, 0.25) is 23.6 Å². The SMILES string of the molecule is C[C@@H]1NC(=O)[C@@H](N(C)C(=O)[C@H](CCN)NC(=O)c2ccc(C#Cc3ccccc3)cc2F)c2ccc(OCCN)c(c2)-c2cc(ccc2OCCN)C[C@@H](C(=O)NCC#N)NC1=O. The number of amides is 5. The number of nitrogens with one attached hydrogen (secondary N) is 4. The van der Waals surface area contributed by atoms with Gasteiger partial charge in [0.15, 0.2) is 0 Å². The molecule has 0 fully saturated rings. The Hall–Kier alpha value is -7.31. The van der Waals surface area contributed by atoms with Crippen molar-refractivity contribution >= 4 is 29.5 Å². The van der Waals surface area contributed by atoms with Gasteiger partial charge in [0.25, 0.3) is 5.91 Å². The number of nitrogens with two attached hydrogens (primary N) is 3. The van der Waals surface area contributed by atoms with E-state index in [0.29, 0.717) is 33.8 Å². The number of carbonyl (C=O) groups is 5. The number of benzene rings is 4. The lowest BCUT2D eigenvalue weighted by Gasteiger charge is -2.32. The number of nitrogens with zero attached hydrogens (tertiary/aromatic N) is 2. The first-order chi connectivity index (χ1) is 30.4. The van der Waals surface area contributed by atoms with Crippen LogP contribution in [0, 0.1) is 29.0 Å². The molecule has 4 bridgehead atoms. The topological polar surface area (TPSA) is 257 Å². The smallest absolute Gasteiger partial charge is 0.254 e. The van der Waals surface area contributed by atoms with Gasteiger partial charge in [0, 0.05) is 48.8 Å². The first kappa shape index (κ1) is 46.8. The highest BCUT2D eigenvalue weighted by atomic mass is 19.1. The lowest BCUT2D eigenvalue weighted by Crippen LogP contribution is -2.56. The van der Waals surface area contributed by atoms with Gasteiger partial charge in [-0.1, -0.05) is 42.2 Å². The van der Waals surface area contributed by atoms with Gasteiger partial charge in [-0.2, -0.15) is 5.26 Å². The van der Waals surface area contributed by atoms with Crippen LogP contribution in [0.2, 0.25) is 0 Å². The Morgan fingerprint density at radius 1 is 0.857 bits per heavy atom. The van der Waals surface area contributed by atoms with Crippen LogP contribution in [0.4, 0.5) is 4.39 Å². The molecular weight excluding hydrogens is 810 g/mol. The minimum Gasteiger partial charge on any atom is -0.492 e. The molecule has 1 heterocycles. The standard InChI is InChI=1S/C46H50FN9O7/c1-28-42(57)55-38(44(59)52-21-18-49)26-31-11-14-39(62-22-19-50)34(24-31)35-27-32(12-15-40(35)63-23-20-51)41(45(60)53-28)56(2)46(61)37(16-17-48)54-43(58)33-13-10-30(25-36(33)47)9-8-29-6-4-3-5-7-29/h3-7,10-15,24-25,27-28,37-38,41H,16-17,19-23,26,48,50-51H2,1-2H3,(H,52,59)(H,53,60)(H,54,58)(H,55,57)/t28-,37-,38-,41-/m0/s1. The van der Waals surface area contributed by atoms with E-state index in [4.69, 9.17) is 31.9 Å². The molecule has 63 heavy (non-hydrogen) atoms. The third-order valence-corrected chi connectivity index (χ3v) is 9.95. The molecule has 4 aromatic carbocycles. The molecule has 1 aliphatic rings. The zero-order valence-electron chi connectivity index (χ0n) is 34.9. The van der Waals surface area contributed by atoms with E-state index in [1.165, 1.54) is 26.1 Å². The van der Waals surface area contributed by atoms with Gasteiger partial charge < -0.3 is 52.8 Å². The lowest BCUT2D eigenvalue weighted by molar-refractivity contribution is -0.141. The van der Waals surface area contributed by atoms with E-state index in [1.807, 2.05) is 24.3 Å². The second-order valence-corrected chi connectivity index (χ2v) is 14.5. The fourth-order valence-corrected chi connectivity index (χ4v) is 6.81. The summed E-state index contributed by atoms with van der Waals surface area (Å²) in [6.45, 7) is 1.61. The molecule has 5 amide bonds. The summed E-state index contributed by atoms with van der Waals surface area (Å²) in [6.07, 6.45) is -0.109. The Morgan fingerprint density at radius 3 is 2.17 bits per heavy atom. The molecule has 4 aromatic rings. The van der Waals surface area contributed by atoms with Gasteiger partial charge >= 0.3 is 0 Å². The van der Waals surface area contributed by atoms with Crippen LogP contribution in [0.25, 0.3) is 11.1 Å². The number of hydrogen-bond acceptors (Lipinski definition) is 11. The highest BCUT2D eigenvalue weighted by Gasteiger charge is 2.36. The monoisotopic (exact) mass is 859 g/mol. The maximum Gasteiger partial charge on any atom is 0.254 e. The first-order valence-electron chi connectivity index (χ1n) is 20.2. The molecule has 10 N–H and O–H groups in total. The Balaban J connectivity index is 1.56. The Kier molecular flexibility index (Phi) is 16.7. The van der Waals surface area contributed by atoms with Crippen molar-refractivity contribution in [1.29, 1.82) is 5.26 Å². The average Bonchev–Trinajstić information content (AvgIpc) is 3.28. The summed E-state index contributed by atoms with van der Waals surface area (Å²) in [5, 5.41) is 19.5. The van der Waals surface area contributed by atoms with Gasteiger partial charge in [-0.25, -0.2) is 4.39 Å². The van der Waals surface area contributed by atoms with Crippen molar-refractivity contribution in [1.82, 2.24) is 26.2 Å². The van der Waals surface area contributed by atoms with Crippen LogP contribution >= 0.6 is 0 Å². The summed E-state index contributed by atoms with van der Waals surface area (Å²) in [4.78, 5) is 70.6. The van der Waals surface area contributed by atoms with E-state index < -0.39 is 59.5 Å². The van der Waals surface area contributed by atoms with Crippen LogP contribution in [-0.2, 0) is 25.6 Å². The third kappa shape index (κ3) is 12.2. The van der Waals surface area contributed by atoms with Crippen molar-refractivity contribution in [3.05, 3.63) is 119 Å². The zero-order chi connectivity index (χ0) is 45.5. The van der Waals surface area contributed by atoms with E-state index in [2.05, 4.69) is 33.1 Å². The molecule has 0 saturated heterocycles. The number of ether oxygens (including phenoxy) is 2. The zero-order valence-corrected chi connectivity index (χ0v) is 34.9. The number of hydrogen-bond donors (Lipinski definition) is 7. The normalized spacial score (nSPS) is 16.3. The van der Waals surface area contributed by atoms with E-state index >= 15 is 4.39 Å². The molecule has 0 spiro atoms. The summed E-state index contributed by atoms with van der Waals surface area (Å²) < 4.78 is 27.5. The van der Waals surface area contributed by atoms with Crippen molar-refractivity contribution in [2.45, 2.75) is 43.9 Å². The van der Waals surface area contributed by atoms with Crippen LogP contribution in [0.15, 0.2) is 84.9 Å². The van der Waals surface area contributed by atoms with Crippen molar-refractivity contribution in [2.24, 2.45) is 17.2 Å². The molecule has 0 unspecified atom stereocenters. The van der Waals surface area contributed by atoms with Crippen molar-refractivity contribution < 1.29 is 37.8 Å². The summed E-state index contributed by atoms with van der Waals surface area (Å²) in [5.74, 6) is 1.81. The highest BCUT2D eigenvalue weighted by Crippen LogP contribution is 2.40. The minimum atomic E-state index is -1.46. The molecule has 4 atom stereocenters. The van der Waals surface area contributed by atoms with Crippen LogP contribution in [0.5, 0.6) is 11.5 Å². The van der Waals surface area contributed by atoms with Crippen LogP contribution in [0.3, 0.4) is 0 Å². The summed E-state index contributed by atoms with van der Waals surface area (Å²) in [7, 11) is 1.35. The maximum atomic E-state index is 15.4. The Bertz CT molecular complexity index is 2410. The first-order valence-corrected chi connectivity index (χ1v) is 20.2. The summed E-state index contributed by atoms with van der Waals surface area (Å²) in [6, 6.07) is 19.5. The number of nitriles is 1. The number of rotatable bonds is 14. The summed E-state index contributed by atoms with van der Waals surface area (Å²) in [5.41, 5.74) is 20.0. The highest BCUT2D eigenvalue weighted by molar-refractivity contribution is 5.99. The molecule has 5 rings (SSSR count). The Morgan fingerprint density at radius 2 is 1.52 bits per heavy atom. The predicted molar refractivity (Wildman–Crippen MR) is 232 cm³/mol. The fourth-order valence-electron chi connectivity index (χ4n) is 6.81. The van der Waals surface area contributed by atoms with E-state index in [0.717, 1.165) is 16.5 Å². The second kappa shape index (κ2) is 22.5. The molecule has 17 heteroatoms. The molecule has 16 nitrogen and oxygen atoms in total. The average molecular weight is 860 g/mol. The summed E-state index contributed by atoms with van der Waals surface area (Å²) >= 11 is 0. The van der Waals surface area contributed by atoms with Gasteiger partial charge in [0.1, 0.15) is 61.2 Å². The molecule has 328 valence electrons. The van der Waals surface area contributed by atoms with E-state index in [-0.39, 0.29) is 63.4 Å². The fraction of sp³-hybridized carbons (Fsp3) is 0.304. The van der Waals surface area contributed by atoms with Crippen molar-refractivity contribution in [2.75, 3.05) is 46.4 Å². The van der Waals surface area contributed by atoms with Gasteiger partial charge in [-0.3, -0.25) is 24.0 Å². The molecule has 0 aliphatic carbocycles. The van der Waals surface area contributed by atoms with Crippen molar-refractivity contribution in [3.8, 4) is 40.5 Å². The number of fused-ring (bicyclic) bond motifs is 5. The third-order valence-electron chi connectivity index (χ3n) is 9.95. The van der Waals surface area contributed by atoms with Crippen LogP contribution < -0.4 is 47.9 Å². The quantitative estimate of drug-likeness (QED) is 0.0705. The van der Waals surface area contributed by atoms with Gasteiger partial charge in [0.05, 0.1) is 11.6 Å². The van der Waals surface area contributed by atoms with Crippen molar-refractivity contribution in [3.63, 3.8) is 0 Å². The molecule has 0 saturated carbocycles. The molecule has 1 aliphatic heterocycles. The van der Waals surface area contributed by atoms with Crippen LogP contribution in [0.1, 0.15) is 52.0 Å². The van der Waals surface area contributed by atoms with Crippen LogP contribution in [-0.4, -0.2) is 99.0 Å². The number of carbonyl (C=O) groups excluding carboxylic acids is 5. The van der Waals surface area contributed by atoms with Gasteiger partial charge in [-0.15, -0.1) is 0 Å². The largest absolute Gasteiger partial charge is 0.492 e. The number of halogens is 1. The lowest BCUT2D eigenvalue weighted by atomic mass is 9.93.